The Balaban J connectivity index is 2.69. The molecule has 0 aromatic heterocycles. The highest BCUT2D eigenvalue weighted by atomic mass is 35.5. The van der Waals surface area contributed by atoms with Crippen LogP contribution in [-0.4, -0.2) is 12.7 Å². The molecule has 17 heavy (non-hydrogen) atoms. The number of hydrogen-bond acceptors (Lipinski definition) is 2. The molecule has 0 saturated heterocycles. The second-order valence-electron chi connectivity index (χ2n) is 4.51. The van der Waals surface area contributed by atoms with E-state index < -0.39 is 5.60 Å². The Labute approximate surface area is 111 Å². The lowest BCUT2D eigenvalue weighted by Gasteiger charge is -2.33. The van der Waals surface area contributed by atoms with Crippen LogP contribution < -0.4 is 9.47 Å². The normalized spacial score (nSPS) is 17.5. The molecule has 1 aromatic rings. The first-order chi connectivity index (χ1) is 7.88. The third kappa shape index (κ3) is 1.90. The summed E-state index contributed by atoms with van der Waals surface area (Å²) < 4.78 is 11.2. The fourth-order valence-electron chi connectivity index (χ4n) is 1.88. The quantitative estimate of drug-likeness (QED) is 0.758. The summed E-state index contributed by atoms with van der Waals surface area (Å²) in [6.45, 7) is 5.72. The summed E-state index contributed by atoms with van der Waals surface area (Å²) in [5.74, 6) is 1.52. The lowest BCUT2D eigenvalue weighted by atomic mass is 9.99. The van der Waals surface area contributed by atoms with E-state index in [1.807, 2.05) is 32.9 Å². The zero-order chi connectivity index (χ0) is 12.8. The van der Waals surface area contributed by atoms with Gasteiger partial charge >= 0.3 is 0 Å². The van der Waals surface area contributed by atoms with Gasteiger partial charge in [-0.2, -0.15) is 0 Å². The van der Waals surface area contributed by atoms with Crippen molar-refractivity contribution in [3.8, 4) is 11.5 Å². The number of rotatable bonds is 1. The number of fused-ring (bicyclic) bond motifs is 1. The molecule has 0 N–H and O–H groups in total. The SMILES string of the molecule is COc1ccc2c(c1C)OC(C)(C)C(Cl)=C2Cl. The summed E-state index contributed by atoms with van der Waals surface area (Å²) in [5, 5.41) is 1.07. The van der Waals surface area contributed by atoms with E-state index in [1.54, 1.807) is 7.11 Å². The number of ether oxygens (including phenoxy) is 2. The van der Waals surface area contributed by atoms with Crippen LogP contribution in [0.2, 0.25) is 0 Å². The van der Waals surface area contributed by atoms with Crippen LogP contribution in [0.5, 0.6) is 11.5 Å². The molecule has 0 spiro atoms. The van der Waals surface area contributed by atoms with Crippen molar-refractivity contribution in [3.63, 3.8) is 0 Å². The highest BCUT2D eigenvalue weighted by molar-refractivity contribution is 6.55. The molecular weight excluding hydrogens is 259 g/mol. The molecule has 0 aliphatic carbocycles. The van der Waals surface area contributed by atoms with Crippen LogP contribution in [0.3, 0.4) is 0 Å². The Morgan fingerprint density at radius 2 is 1.88 bits per heavy atom. The number of hydrogen-bond donors (Lipinski definition) is 0. The Hall–Kier alpha value is -0.860. The first kappa shape index (κ1) is 12.6. The fraction of sp³-hybridized carbons (Fsp3) is 0.385. The monoisotopic (exact) mass is 272 g/mol. The Kier molecular flexibility index (Phi) is 3.04. The second kappa shape index (κ2) is 4.11. The van der Waals surface area contributed by atoms with E-state index in [2.05, 4.69) is 0 Å². The Bertz CT molecular complexity index is 504. The van der Waals surface area contributed by atoms with Crippen LogP contribution in [0.1, 0.15) is 25.0 Å². The Morgan fingerprint density at radius 1 is 1.24 bits per heavy atom. The van der Waals surface area contributed by atoms with Gasteiger partial charge in [0.15, 0.2) is 0 Å². The maximum atomic E-state index is 6.28. The van der Waals surface area contributed by atoms with Crippen LogP contribution in [0.15, 0.2) is 17.2 Å². The number of methoxy groups -OCH3 is 1. The topological polar surface area (TPSA) is 18.5 Å². The van der Waals surface area contributed by atoms with Crippen molar-refractivity contribution in [3.05, 3.63) is 28.3 Å². The van der Waals surface area contributed by atoms with Crippen molar-refractivity contribution in [2.24, 2.45) is 0 Å². The van der Waals surface area contributed by atoms with Gasteiger partial charge in [0.1, 0.15) is 17.1 Å². The van der Waals surface area contributed by atoms with E-state index in [1.165, 1.54) is 0 Å². The van der Waals surface area contributed by atoms with Crippen LogP contribution in [0, 0.1) is 6.92 Å². The largest absolute Gasteiger partial charge is 0.496 e. The number of halogens is 2. The summed E-state index contributed by atoms with van der Waals surface area (Å²) in [6.07, 6.45) is 0. The Morgan fingerprint density at radius 3 is 2.47 bits per heavy atom. The van der Waals surface area contributed by atoms with Gasteiger partial charge in [-0.1, -0.05) is 23.2 Å². The molecule has 2 rings (SSSR count). The summed E-state index contributed by atoms with van der Waals surface area (Å²) >= 11 is 12.5. The summed E-state index contributed by atoms with van der Waals surface area (Å²) in [7, 11) is 1.63. The molecule has 0 bridgehead atoms. The molecule has 2 nitrogen and oxygen atoms in total. The van der Waals surface area contributed by atoms with Crippen LogP contribution in [-0.2, 0) is 0 Å². The molecule has 0 saturated carbocycles. The summed E-state index contributed by atoms with van der Waals surface area (Å²) in [5.41, 5.74) is 1.14. The van der Waals surface area contributed by atoms with Gasteiger partial charge in [-0.05, 0) is 32.9 Å². The third-order valence-electron chi connectivity index (χ3n) is 2.89. The summed E-state index contributed by atoms with van der Waals surface area (Å²) in [6, 6.07) is 3.73. The van der Waals surface area contributed by atoms with E-state index >= 15 is 0 Å². The molecule has 1 heterocycles. The molecule has 4 heteroatoms. The van der Waals surface area contributed by atoms with E-state index in [0.717, 1.165) is 22.6 Å². The second-order valence-corrected chi connectivity index (χ2v) is 5.27. The van der Waals surface area contributed by atoms with Crippen LogP contribution in [0.4, 0.5) is 0 Å². The van der Waals surface area contributed by atoms with Crippen molar-refractivity contribution >= 4 is 28.2 Å². The molecule has 0 atom stereocenters. The molecule has 0 amide bonds. The van der Waals surface area contributed by atoms with E-state index in [4.69, 9.17) is 32.7 Å². The van der Waals surface area contributed by atoms with Crippen molar-refractivity contribution in [1.29, 1.82) is 0 Å². The molecular formula is C13H14Cl2O2. The standard InChI is InChI=1S/C13H14Cl2O2/c1-7-9(16-4)6-5-8-10(14)12(15)13(2,3)17-11(7)8/h5-6H,1-4H3. The van der Waals surface area contributed by atoms with Gasteiger partial charge in [0.25, 0.3) is 0 Å². The minimum Gasteiger partial charge on any atom is -0.496 e. The van der Waals surface area contributed by atoms with E-state index in [9.17, 15) is 0 Å². The van der Waals surface area contributed by atoms with Gasteiger partial charge in [-0.3, -0.25) is 0 Å². The molecule has 1 aliphatic heterocycles. The van der Waals surface area contributed by atoms with Crippen molar-refractivity contribution in [1.82, 2.24) is 0 Å². The van der Waals surface area contributed by atoms with Gasteiger partial charge in [0, 0.05) is 11.1 Å². The fourth-order valence-corrected chi connectivity index (χ4v) is 2.40. The first-order valence-electron chi connectivity index (χ1n) is 5.31. The van der Waals surface area contributed by atoms with E-state index in [0.29, 0.717) is 10.1 Å². The maximum Gasteiger partial charge on any atom is 0.140 e. The maximum absolute atomic E-state index is 6.28. The van der Waals surface area contributed by atoms with Gasteiger partial charge < -0.3 is 9.47 Å². The lowest BCUT2D eigenvalue weighted by Crippen LogP contribution is -2.32. The summed E-state index contributed by atoms with van der Waals surface area (Å²) in [4.78, 5) is 0. The molecule has 1 aliphatic rings. The van der Waals surface area contributed by atoms with Gasteiger partial charge in [-0.15, -0.1) is 0 Å². The zero-order valence-corrected chi connectivity index (χ0v) is 11.7. The molecule has 0 unspecified atom stereocenters. The van der Waals surface area contributed by atoms with Crippen molar-refractivity contribution in [2.45, 2.75) is 26.4 Å². The highest BCUT2D eigenvalue weighted by Gasteiger charge is 2.34. The molecule has 0 radical (unpaired) electrons. The third-order valence-corrected chi connectivity index (χ3v) is 4.02. The van der Waals surface area contributed by atoms with Crippen molar-refractivity contribution in [2.75, 3.05) is 7.11 Å². The van der Waals surface area contributed by atoms with E-state index in [-0.39, 0.29) is 0 Å². The lowest BCUT2D eigenvalue weighted by molar-refractivity contribution is 0.151. The first-order valence-corrected chi connectivity index (χ1v) is 6.07. The number of benzene rings is 1. The molecule has 0 fully saturated rings. The molecule has 92 valence electrons. The van der Waals surface area contributed by atoms with Gasteiger partial charge in [0.2, 0.25) is 0 Å². The minimum atomic E-state index is -0.608. The highest BCUT2D eigenvalue weighted by Crippen LogP contribution is 2.47. The minimum absolute atomic E-state index is 0.524. The predicted octanol–water partition coefficient (Wildman–Crippen LogP) is 4.32. The average molecular weight is 273 g/mol. The van der Waals surface area contributed by atoms with Crippen LogP contribution in [0.25, 0.3) is 5.03 Å². The van der Waals surface area contributed by atoms with Crippen molar-refractivity contribution < 1.29 is 9.47 Å². The predicted molar refractivity (Wildman–Crippen MR) is 71.1 cm³/mol. The van der Waals surface area contributed by atoms with Gasteiger partial charge in [-0.25, -0.2) is 0 Å². The smallest absolute Gasteiger partial charge is 0.140 e. The van der Waals surface area contributed by atoms with Crippen LogP contribution >= 0.6 is 23.2 Å². The van der Waals surface area contributed by atoms with Gasteiger partial charge in [0.05, 0.1) is 17.2 Å². The zero-order valence-electron chi connectivity index (χ0n) is 10.2. The average Bonchev–Trinajstić information content (AvgIpc) is 2.28. The molecule has 1 aromatic carbocycles.